The van der Waals surface area contributed by atoms with Gasteiger partial charge in [-0.3, -0.25) is 14.7 Å². The van der Waals surface area contributed by atoms with Crippen molar-refractivity contribution < 1.29 is 33.0 Å². The van der Waals surface area contributed by atoms with Crippen molar-refractivity contribution in [1.82, 2.24) is 20.8 Å². The lowest BCUT2D eigenvalue weighted by Gasteiger charge is -2.13. The Balaban J connectivity index is 1.29. The molecule has 176 valence electrons. The molecule has 1 aromatic heterocycles. The molecule has 0 aliphatic rings. The molecule has 2 amide bonds. The van der Waals surface area contributed by atoms with Gasteiger partial charge in [-0.1, -0.05) is 6.07 Å². The van der Waals surface area contributed by atoms with Gasteiger partial charge in [0.2, 0.25) is 0 Å². The number of nitrogens with one attached hydrogen (secondary N) is 3. The largest absolute Gasteiger partial charge is 0.484 e. The highest BCUT2D eigenvalue weighted by Gasteiger charge is 2.11. The number of hydrogen-bond acceptors (Lipinski definition) is 6. The minimum absolute atomic E-state index is 0.0504. The lowest BCUT2D eigenvalue weighted by atomic mass is 10.2. The Hall–Kier alpha value is -3.73. The molecule has 0 aliphatic carbocycles. The molecule has 0 saturated heterocycles. The van der Waals surface area contributed by atoms with E-state index in [4.69, 9.17) is 9.47 Å². The number of H-pyrrole nitrogens is 1. The molecule has 0 fully saturated rings. The van der Waals surface area contributed by atoms with E-state index >= 15 is 0 Å². The van der Waals surface area contributed by atoms with Gasteiger partial charge in [-0.2, -0.15) is 5.10 Å². The summed E-state index contributed by atoms with van der Waals surface area (Å²) in [6.07, 6.45) is 0.636. The number of amides is 2. The number of aromatic amines is 1. The van der Waals surface area contributed by atoms with E-state index in [9.17, 15) is 23.5 Å². The predicted octanol–water partition coefficient (Wildman–Crippen LogP) is 1.59. The molecule has 1 atom stereocenters. The van der Waals surface area contributed by atoms with E-state index in [1.54, 1.807) is 19.1 Å². The topological polar surface area (TPSA) is 126 Å². The van der Waals surface area contributed by atoms with Crippen molar-refractivity contribution in [2.75, 3.05) is 26.3 Å². The minimum Gasteiger partial charge on any atom is -0.484 e. The Morgan fingerprint density at radius 3 is 2.52 bits per heavy atom. The first-order valence-corrected chi connectivity index (χ1v) is 10.2. The quantitative estimate of drug-likeness (QED) is 0.343. The van der Waals surface area contributed by atoms with Crippen LogP contribution in [0.4, 0.5) is 8.78 Å². The first-order valence-electron chi connectivity index (χ1n) is 10.2. The third-order valence-electron chi connectivity index (χ3n) is 4.70. The number of aryl methyl sites for hydroxylation is 1. The summed E-state index contributed by atoms with van der Waals surface area (Å²) in [5.41, 5.74) is 0.920. The van der Waals surface area contributed by atoms with Crippen molar-refractivity contribution in [3.63, 3.8) is 0 Å². The molecule has 0 aliphatic heterocycles. The first kappa shape index (κ1) is 23.9. The SMILES string of the molecule is Cc1ccc(OCC(=O)NCC[C@H](O)CNC(=O)COc2cc(F)c3cn[nH]c3c2)cc1F. The Morgan fingerprint density at radius 1 is 1.06 bits per heavy atom. The molecule has 11 heteroatoms. The number of aliphatic hydroxyl groups is 1. The van der Waals surface area contributed by atoms with Crippen LogP contribution < -0.4 is 20.1 Å². The maximum Gasteiger partial charge on any atom is 0.258 e. The summed E-state index contributed by atoms with van der Waals surface area (Å²) in [5.74, 6) is -1.47. The van der Waals surface area contributed by atoms with Gasteiger partial charge in [0.1, 0.15) is 23.1 Å². The summed E-state index contributed by atoms with van der Waals surface area (Å²) in [6.45, 7) is 1.07. The van der Waals surface area contributed by atoms with E-state index in [1.165, 1.54) is 18.3 Å². The van der Waals surface area contributed by atoms with Crippen LogP contribution in [0.1, 0.15) is 12.0 Å². The Morgan fingerprint density at radius 2 is 1.76 bits per heavy atom. The van der Waals surface area contributed by atoms with Gasteiger partial charge in [0.25, 0.3) is 11.8 Å². The summed E-state index contributed by atoms with van der Waals surface area (Å²) in [5, 5.41) is 21.7. The van der Waals surface area contributed by atoms with Crippen molar-refractivity contribution >= 4 is 22.7 Å². The molecule has 0 radical (unpaired) electrons. The number of fused-ring (bicyclic) bond motifs is 1. The number of aliphatic hydroxyl groups excluding tert-OH is 1. The number of carbonyl (C=O) groups is 2. The Bertz CT molecular complexity index is 1120. The van der Waals surface area contributed by atoms with Crippen molar-refractivity contribution in [2.45, 2.75) is 19.4 Å². The molecular formula is C22H24F2N4O5. The van der Waals surface area contributed by atoms with E-state index in [0.717, 1.165) is 6.07 Å². The van der Waals surface area contributed by atoms with Crippen LogP contribution in [0.25, 0.3) is 10.9 Å². The van der Waals surface area contributed by atoms with Gasteiger partial charge in [0.05, 0.1) is 23.2 Å². The fraction of sp³-hybridized carbons (Fsp3) is 0.318. The second-order valence-electron chi connectivity index (χ2n) is 7.32. The van der Waals surface area contributed by atoms with Crippen LogP contribution in [0.15, 0.2) is 36.5 Å². The molecule has 4 N–H and O–H groups in total. The van der Waals surface area contributed by atoms with Gasteiger partial charge in [0.15, 0.2) is 13.2 Å². The van der Waals surface area contributed by atoms with Gasteiger partial charge in [0, 0.05) is 31.3 Å². The number of benzene rings is 2. The minimum atomic E-state index is -0.903. The number of carbonyl (C=O) groups excluding carboxylic acids is 2. The number of nitrogens with zero attached hydrogens (tertiary/aromatic N) is 1. The fourth-order valence-electron chi connectivity index (χ4n) is 2.84. The second kappa shape index (κ2) is 11.2. The molecule has 0 unspecified atom stereocenters. The molecule has 9 nitrogen and oxygen atoms in total. The van der Waals surface area contributed by atoms with E-state index in [1.807, 2.05) is 0 Å². The van der Waals surface area contributed by atoms with Crippen LogP contribution in [0.2, 0.25) is 0 Å². The molecule has 0 saturated carbocycles. The highest BCUT2D eigenvalue weighted by atomic mass is 19.1. The molecule has 0 spiro atoms. The Kier molecular flexibility index (Phi) is 8.14. The van der Waals surface area contributed by atoms with Gasteiger partial charge in [-0.15, -0.1) is 0 Å². The zero-order chi connectivity index (χ0) is 23.8. The lowest BCUT2D eigenvalue weighted by Crippen LogP contribution is -2.37. The highest BCUT2D eigenvalue weighted by Crippen LogP contribution is 2.22. The summed E-state index contributed by atoms with van der Waals surface area (Å²) in [4.78, 5) is 23.7. The van der Waals surface area contributed by atoms with Gasteiger partial charge < -0.3 is 25.2 Å². The van der Waals surface area contributed by atoms with Crippen LogP contribution in [-0.2, 0) is 9.59 Å². The average Bonchev–Trinajstić information content (AvgIpc) is 3.26. The number of aromatic nitrogens is 2. The Labute approximate surface area is 188 Å². The van der Waals surface area contributed by atoms with Gasteiger partial charge in [-0.25, -0.2) is 8.78 Å². The molecular weight excluding hydrogens is 438 g/mol. The zero-order valence-electron chi connectivity index (χ0n) is 17.9. The third-order valence-corrected chi connectivity index (χ3v) is 4.70. The van der Waals surface area contributed by atoms with Crippen molar-refractivity contribution in [3.05, 3.63) is 53.7 Å². The number of halogens is 2. The maximum atomic E-state index is 13.9. The molecule has 0 bridgehead atoms. The summed E-state index contributed by atoms with van der Waals surface area (Å²) >= 11 is 0. The molecule has 3 rings (SSSR count). The standard InChI is InChI=1S/C22H24F2N4O5/c1-13-2-3-15(6-18(13)23)32-11-21(30)25-5-4-14(29)9-26-22(31)12-33-16-7-19(24)17-10-27-28-20(17)8-16/h2-3,6-8,10,14,29H,4-5,9,11-12H2,1H3,(H,25,30)(H,26,31)(H,27,28)/t14-/m0/s1. The normalized spacial score (nSPS) is 11.8. The van der Waals surface area contributed by atoms with Gasteiger partial charge in [-0.05, 0) is 25.0 Å². The monoisotopic (exact) mass is 462 g/mol. The van der Waals surface area contributed by atoms with E-state index < -0.39 is 29.6 Å². The lowest BCUT2D eigenvalue weighted by molar-refractivity contribution is -0.124. The van der Waals surface area contributed by atoms with E-state index in [2.05, 4.69) is 20.8 Å². The predicted molar refractivity (Wildman–Crippen MR) is 115 cm³/mol. The van der Waals surface area contributed by atoms with E-state index in [-0.39, 0.29) is 44.2 Å². The van der Waals surface area contributed by atoms with Crippen molar-refractivity contribution in [2.24, 2.45) is 0 Å². The highest BCUT2D eigenvalue weighted by molar-refractivity contribution is 5.81. The average molecular weight is 462 g/mol. The van der Waals surface area contributed by atoms with Crippen LogP contribution >= 0.6 is 0 Å². The van der Waals surface area contributed by atoms with E-state index in [0.29, 0.717) is 16.5 Å². The number of ether oxygens (including phenoxy) is 2. The molecule has 1 heterocycles. The molecule has 33 heavy (non-hydrogen) atoms. The van der Waals surface area contributed by atoms with Crippen molar-refractivity contribution in [3.8, 4) is 11.5 Å². The summed E-state index contributed by atoms with van der Waals surface area (Å²) < 4.78 is 37.8. The fourth-order valence-corrected chi connectivity index (χ4v) is 2.84. The van der Waals surface area contributed by atoms with Crippen LogP contribution in [-0.4, -0.2) is 59.5 Å². The first-order chi connectivity index (χ1) is 15.8. The van der Waals surface area contributed by atoms with Crippen LogP contribution in [0.3, 0.4) is 0 Å². The number of rotatable bonds is 11. The maximum absolute atomic E-state index is 13.9. The third kappa shape index (κ3) is 7.14. The van der Waals surface area contributed by atoms with Crippen LogP contribution in [0.5, 0.6) is 11.5 Å². The second-order valence-corrected chi connectivity index (χ2v) is 7.32. The zero-order valence-corrected chi connectivity index (χ0v) is 17.9. The summed E-state index contributed by atoms with van der Waals surface area (Å²) in [7, 11) is 0. The van der Waals surface area contributed by atoms with Gasteiger partial charge >= 0.3 is 0 Å². The smallest absolute Gasteiger partial charge is 0.258 e. The molecule has 2 aromatic carbocycles. The number of hydrogen-bond donors (Lipinski definition) is 4. The summed E-state index contributed by atoms with van der Waals surface area (Å²) in [6, 6.07) is 6.99. The van der Waals surface area contributed by atoms with Crippen molar-refractivity contribution in [1.29, 1.82) is 0 Å². The van der Waals surface area contributed by atoms with Crippen LogP contribution in [0, 0.1) is 18.6 Å². The molecule has 3 aromatic rings.